The predicted octanol–water partition coefficient (Wildman–Crippen LogP) is 3.07. The molecule has 0 bridgehead atoms. The summed E-state index contributed by atoms with van der Waals surface area (Å²) >= 11 is 1.16. The van der Waals surface area contributed by atoms with E-state index in [4.69, 9.17) is 15.2 Å². The maximum Gasteiger partial charge on any atom is 0.283 e. The van der Waals surface area contributed by atoms with Crippen LogP contribution in [0.15, 0.2) is 53.2 Å². The van der Waals surface area contributed by atoms with E-state index in [0.29, 0.717) is 22.4 Å². The molecule has 0 fully saturated rings. The second-order valence-corrected chi connectivity index (χ2v) is 7.98. The molecule has 0 aliphatic carbocycles. The van der Waals surface area contributed by atoms with Crippen LogP contribution in [-0.4, -0.2) is 29.0 Å². The van der Waals surface area contributed by atoms with Crippen molar-refractivity contribution >= 4 is 40.5 Å². The van der Waals surface area contributed by atoms with E-state index in [1.807, 2.05) is 37.3 Å². The van der Waals surface area contributed by atoms with Crippen molar-refractivity contribution < 1.29 is 19.1 Å². The summed E-state index contributed by atoms with van der Waals surface area (Å²) < 4.78 is 10.7. The van der Waals surface area contributed by atoms with Gasteiger partial charge in [-0.05, 0) is 49.8 Å². The number of carbonyl (C=O) groups excluding carboxylic acids is 2. The third-order valence-electron chi connectivity index (χ3n) is 4.50. The average molecular weight is 409 g/mol. The smallest absolute Gasteiger partial charge is 0.283 e. The number of ether oxygens (including phenoxy) is 2. The number of primary amides is 1. The van der Waals surface area contributed by atoms with Gasteiger partial charge in [0.25, 0.3) is 5.91 Å². The number of fused-ring (bicyclic) bond motifs is 1. The number of carbonyl (C=O) groups is 2. The first-order chi connectivity index (χ1) is 13.9. The number of thioether (sulfide) groups is 1. The number of nitrogens with zero attached hydrogens (tertiary/aromatic N) is 2. The number of benzene rings is 2. The second kappa shape index (κ2) is 7.63. The highest BCUT2D eigenvalue weighted by molar-refractivity contribution is 8.15. The normalized spacial score (nSPS) is 17.6. The Morgan fingerprint density at radius 1 is 1.21 bits per heavy atom. The molecule has 0 spiro atoms. The largest absolute Gasteiger partial charge is 0.454 e. The van der Waals surface area contributed by atoms with Crippen LogP contribution >= 0.6 is 11.8 Å². The van der Waals surface area contributed by atoms with Crippen molar-refractivity contribution in [2.45, 2.75) is 19.1 Å². The Labute approximate surface area is 172 Å². The molecule has 2 aromatic rings. The fourth-order valence-electron chi connectivity index (χ4n) is 2.87. The van der Waals surface area contributed by atoms with E-state index in [1.54, 1.807) is 25.1 Å². The first-order valence-corrected chi connectivity index (χ1v) is 9.87. The summed E-state index contributed by atoms with van der Waals surface area (Å²) in [7, 11) is 0. The summed E-state index contributed by atoms with van der Waals surface area (Å²) in [4.78, 5) is 30.7. The summed E-state index contributed by atoms with van der Waals surface area (Å²) in [5, 5.41) is -0.114. The third kappa shape index (κ3) is 3.84. The van der Waals surface area contributed by atoms with Crippen LogP contribution in [0.25, 0.3) is 6.08 Å². The zero-order valence-electron chi connectivity index (χ0n) is 15.9. The molecule has 148 valence electrons. The van der Waals surface area contributed by atoms with Crippen molar-refractivity contribution in [3.05, 3.63) is 59.3 Å². The Hall–Kier alpha value is -3.26. The molecule has 0 aromatic heterocycles. The average Bonchev–Trinajstić information content (AvgIpc) is 3.27. The Morgan fingerprint density at radius 3 is 2.66 bits per heavy atom. The van der Waals surface area contributed by atoms with E-state index < -0.39 is 11.2 Å². The summed E-state index contributed by atoms with van der Waals surface area (Å²) in [6.45, 7) is 3.84. The molecular weight excluding hydrogens is 390 g/mol. The molecule has 0 saturated heterocycles. The van der Waals surface area contributed by atoms with Crippen molar-refractivity contribution in [3.63, 3.8) is 0 Å². The van der Waals surface area contributed by atoms with Crippen LogP contribution < -0.4 is 20.1 Å². The summed E-state index contributed by atoms with van der Waals surface area (Å²) in [5.41, 5.74) is 8.19. The fraction of sp³-hybridized carbons (Fsp3) is 0.190. The van der Waals surface area contributed by atoms with Gasteiger partial charge in [-0.15, -0.1) is 0 Å². The molecule has 8 heteroatoms. The molecule has 2 aliphatic rings. The van der Waals surface area contributed by atoms with Gasteiger partial charge in [0.1, 0.15) is 5.70 Å². The lowest BCUT2D eigenvalue weighted by Gasteiger charge is -2.19. The first kappa shape index (κ1) is 19.1. The summed E-state index contributed by atoms with van der Waals surface area (Å²) in [5.74, 6) is 0.551. The van der Waals surface area contributed by atoms with E-state index in [1.165, 1.54) is 4.90 Å². The number of hydrogen-bond donors (Lipinski definition) is 1. The number of aryl methyl sites for hydroxylation is 1. The quantitative estimate of drug-likeness (QED) is 0.783. The van der Waals surface area contributed by atoms with Gasteiger partial charge in [-0.2, -0.15) is 0 Å². The van der Waals surface area contributed by atoms with Crippen LogP contribution in [0.1, 0.15) is 18.1 Å². The number of amides is 2. The minimum atomic E-state index is -0.528. The third-order valence-corrected chi connectivity index (χ3v) is 5.58. The van der Waals surface area contributed by atoms with Gasteiger partial charge in [0.05, 0.1) is 10.9 Å². The van der Waals surface area contributed by atoms with Gasteiger partial charge in [-0.25, -0.2) is 4.99 Å². The van der Waals surface area contributed by atoms with E-state index in [0.717, 1.165) is 22.9 Å². The van der Waals surface area contributed by atoms with Gasteiger partial charge < -0.3 is 15.2 Å². The number of rotatable bonds is 4. The van der Waals surface area contributed by atoms with Gasteiger partial charge in [0.2, 0.25) is 12.7 Å². The molecule has 29 heavy (non-hydrogen) atoms. The van der Waals surface area contributed by atoms with Crippen LogP contribution in [0.2, 0.25) is 0 Å². The molecule has 4 rings (SSSR count). The van der Waals surface area contributed by atoms with E-state index in [2.05, 4.69) is 4.99 Å². The predicted molar refractivity (Wildman–Crippen MR) is 113 cm³/mol. The summed E-state index contributed by atoms with van der Waals surface area (Å²) in [6, 6.07) is 13.0. The molecule has 2 aliphatic heterocycles. The fourth-order valence-corrected chi connectivity index (χ4v) is 3.75. The maximum atomic E-state index is 13.1. The Kier molecular flexibility index (Phi) is 5.02. The van der Waals surface area contributed by atoms with Gasteiger partial charge in [0.15, 0.2) is 16.7 Å². The molecule has 1 atom stereocenters. The van der Waals surface area contributed by atoms with Crippen molar-refractivity contribution in [2.24, 2.45) is 10.7 Å². The number of anilines is 1. The van der Waals surface area contributed by atoms with Crippen LogP contribution in [0, 0.1) is 6.92 Å². The maximum absolute atomic E-state index is 13.1. The SMILES string of the molecule is Cc1ccc(N2C(=O)/C(=C\c3ccc4c(c3)OCO4)N=C2S[C@H](C)C(N)=O)cc1. The molecule has 2 heterocycles. The highest BCUT2D eigenvalue weighted by Gasteiger charge is 2.33. The van der Waals surface area contributed by atoms with Gasteiger partial charge in [-0.1, -0.05) is 35.5 Å². The Balaban J connectivity index is 1.70. The molecule has 2 aromatic carbocycles. The topological polar surface area (TPSA) is 94.2 Å². The standard InChI is InChI=1S/C21H19N3O4S/c1-12-3-6-15(7-4-12)24-20(26)16(23-21(24)29-13(2)19(22)25)9-14-5-8-17-18(10-14)28-11-27-17/h3-10,13H,11H2,1-2H3,(H2,22,25)/b16-9+/t13-/m1/s1. The van der Waals surface area contributed by atoms with Crippen molar-refractivity contribution in [2.75, 3.05) is 11.7 Å². The van der Waals surface area contributed by atoms with E-state index in [9.17, 15) is 9.59 Å². The van der Waals surface area contributed by atoms with E-state index in [-0.39, 0.29) is 18.4 Å². The Morgan fingerprint density at radius 2 is 1.93 bits per heavy atom. The number of aliphatic imine (C=N–C) groups is 1. The molecule has 2 N–H and O–H groups in total. The highest BCUT2D eigenvalue weighted by Crippen LogP contribution is 2.35. The molecular formula is C21H19N3O4S. The van der Waals surface area contributed by atoms with Crippen LogP contribution in [0.3, 0.4) is 0 Å². The van der Waals surface area contributed by atoms with Crippen LogP contribution in [-0.2, 0) is 9.59 Å². The van der Waals surface area contributed by atoms with Crippen LogP contribution in [0.4, 0.5) is 5.69 Å². The molecule has 0 unspecified atom stereocenters. The number of hydrogen-bond acceptors (Lipinski definition) is 6. The van der Waals surface area contributed by atoms with Crippen molar-refractivity contribution in [1.29, 1.82) is 0 Å². The Bertz CT molecular complexity index is 1050. The lowest BCUT2D eigenvalue weighted by Crippen LogP contribution is -2.33. The number of amidine groups is 1. The highest BCUT2D eigenvalue weighted by atomic mass is 32.2. The lowest BCUT2D eigenvalue weighted by molar-refractivity contribution is -0.117. The monoisotopic (exact) mass is 409 g/mol. The zero-order chi connectivity index (χ0) is 20.5. The minimum Gasteiger partial charge on any atom is -0.454 e. The first-order valence-electron chi connectivity index (χ1n) is 8.99. The summed E-state index contributed by atoms with van der Waals surface area (Å²) in [6.07, 6.45) is 1.69. The van der Waals surface area contributed by atoms with Crippen molar-refractivity contribution in [3.8, 4) is 11.5 Å². The van der Waals surface area contributed by atoms with E-state index >= 15 is 0 Å². The van der Waals surface area contributed by atoms with Crippen LogP contribution in [0.5, 0.6) is 11.5 Å². The number of nitrogens with two attached hydrogens (primary N) is 1. The van der Waals surface area contributed by atoms with Crippen molar-refractivity contribution in [1.82, 2.24) is 0 Å². The minimum absolute atomic E-state index is 0.180. The molecule has 0 radical (unpaired) electrons. The second-order valence-electron chi connectivity index (χ2n) is 6.68. The molecule has 2 amide bonds. The van der Waals surface area contributed by atoms with Gasteiger partial charge in [-0.3, -0.25) is 14.5 Å². The lowest BCUT2D eigenvalue weighted by atomic mass is 10.1. The zero-order valence-corrected chi connectivity index (χ0v) is 16.7. The molecule has 7 nitrogen and oxygen atoms in total. The molecule has 0 saturated carbocycles. The van der Waals surface area contributed by atoms with Gasteiger partial charge >= 0.3 is 0 Å². The van der Waals surface area contributed by atoms with Gasteiger partial charge in [0, 0.05) is 0 Å².